The molecule has 108 valence electrons. The Hall–Kier alpha value is -1.15. The summed E-state index contributed by atoms with van der Waals surface area (Å²) in [5.41, 5.74) is 2.21. The van der Waals surface area contributed by atoms with Gasteiger partial charge in [0.1, 0.15) is 0 Å². The number of benzene rings is 1. The zero-order valence-corrected chi connectivity index (χ0v) is 12.2. The van der Waals surface area contributed by atoms with Crippen LogP contribution in [0.25, 0.3) is 0 Å². The zero-order valence-electron chi connectivity index (χ0n) is 12.2. The third kappa shape index (κ3) is 3.12. The molecule has 0 amide bonds. The van der Waals surface area contributed by atoms with E-state index in [4.69, 9.17) is 0 Å². The summed E-state index contributed by atoms with van der Waals surface area (Å²) in [6.45, 7) is 2.12. The van der Waals surface area contributed by atoms with Crippen LogP contribution in [0, 0.1) is 11.8 Å². The van der Waals surface area contributed by atoms with Gasteiger partial charge in [0.2, 0.25) is 0 Å². The van der Waals surface area contributed by atoms with E-state index in [-0.39, 0.29) is 5.92 Å². The van der Waals surface area contributed by atoms with E-state index in [0.29, 0.717) is 5.78 Å². The number of hydrogen-bond acceptors (Lipinski definition) is 2. The minimum Gasteiger partial charge on any atom is -0.317 e. The van der Waals surface area contributed by atoms with Crippen molar-refractivity contribution in [3.8, 4) is 0 Å². The molecule has 2 aliphatic rings. The quantitative estimate of drug-likeness (QED) is 0.801. The molecule has 1 aromatic rings. The molecule has 20 heavy (non-hydrogen) atoms. The van der Waals surface area contributed by atoms with Gasteiger partial charge in [-0.25, -0.2) is 0 Å². The van der Waals surface area contributed by atoms with Gasteiger partial charge in [0.15, 0.2) is 5.78 Å². The molecule has 0 saturated heterocycles. The Balaban J connectivity index is 1.41. The van der Waals surface area contributed by atoms with E-state index in [1.54, 1.807) is 0 Å². The Morgan fingerprint density at radius 2 is 1.85 bits per heavy atom. The topological polar surface area (TPSA) is 29.1 Å². The Bertz CT molecular complexity index is 464. The molecule has 0 aromatic heterocycles. The lowest BCUT2D eigenvalue weighted by atomic mass is 9.81. The number of carbonyl (C=O) groups excluding carboxylic acids is 1. The summed E-state index contributed by atoms with van der Waals surface area (Å²) in [5, 5.41) is 3.52. The molecule has 1 unspecified atom stereocenters. The Kier molecular flexibility index (Phi) is 4.51. The molecule has 0 heterocycles. The highest BCUT2D eigenvalue weighted by atomic mass is 16.1. The summed E-state index contributed by atoms with van der Waals surface area (Å²) in [5.74, 6) is 1.58. The molecule has 0 radical (unpaired) electrons. The smallest absolute Gasteiger partial charge is 0.166 e. The van der Waals surface area contributed by atoms with Crippen LogP contribution in [0.3, 0.4) is 0 Å². The fourth-order valence-electron chi connectivity index (χ4n) is 3.42. The van der Waals surface area contributed by atoms with Crippen molar-refractivity contribution in [1.82, 2.24) is 5.32 Å². The Labute approximate surface area is 122 Å². The maximum atomic E-state index is 12.4. The summed E-state index contributed by atoms with van der Waals surface area (Å²) < 4.78 is 0. The summed E-state index contributed by atoms with van der Waals surface area (Å²) in [6.07, 6.45) is 8.70. The van der Waals surface area contributed by atoms with Crippen LogP contribution in [0.5, 0.6) is 0 Å². The number of hydrogen-bond donors (Lipinski definition) is 1. The van der Waals surface area contributed by atoms with E-state index in [2.05, 4.69) is 11.4 Å². The standard InChI is InChI=1S/C18H25NO/c20-18-16(9-8-15-6-1-2-7-17(15)18)11-13-19-12-10-14-4-3-5-14/h1-2,6-7,14,16,19H,3-5,8-13H2. The molecule has 0 spiro atoms. The molecule has 0 aliphatic heterocycles. The van der Waals surface area contributed by atoms with E-state index < -0.39 is 0 Å². The Morgan fingerprint density at radius 1 is 1.05 bits per heavy atom. The van der Waals surface area contributed by atoms with Crippen LogP contribution < -0.4 is 5.32 Å². The highest BCUT2D eigenvalue weighted by molar-refractivity contribution is 6.00. The van der Waals surface area contributed by atoms with Crippen molar-refractivity contribution < 1.29 is 4.79 Å². The SMILES string of the molecule is O=C1c2ccccc2CCC1CCNCCC1CCC1. The first kappa shape index (κ1) is 13.8. The average molecular weight is 271 g/mol. The first-order valence-corrected chi connectivity index (χ1v) is 8.17. The first-order chi connectivity index (χ1) is 9.84. The normalized spacial score (nSPS) is 22.4. The minimum absolute atomic E-state index is 0.237. The molecule has 0 bridgehead atoms. The van der Waals surface area contributed by atoms with E-state index in [1.807, 2.05) is 18.2 Å². The predicted octanol–water partition coefficient (Wildman–Crippen LogP) is 3.60. The van der Waals surface area contributed by atoms with E-state index >= 15 is 0 Å². The fraction of sp³-hybridized carbons (Fsp3) is 0.611. The van der Waals surface area contributed by atoms with Crippen molar-refractivity contribution in [3.63, 3.8) is 0 Å². The molecule has 1 fully saturated rings. The van der Waals surface area contributed by atoms with Crippen molar-refractivity contribution >= 4 is 5.78 Å². The van der Waals surface area contributed by atoms with Gasteiger partial charge in [-0.05, 0) is 50.3 Å². The van der Waals surface area contributed by atoms with Crippen molar-refractivity contribution in [2.75, 3.05) is 13.1 Å². The van der Waals surface area contributed by atoms with Crippen LogP contribution in [0.2, 0.25) is 0 Å². The van der Waals surface area contributed by atoms with E-state index in [9.17, 15) is 4.79 Å². The third-order valence-electron chi connectivity index (χ3n) is 5.04. The maximum absolute atomic E-state index is 12.4. The van der Waals surface area contributed by atoms with Gasteiger partial charge in [0.25, 0.3) is 0 Å². The molecule has 2 nitrogen and oxygen atoms in total. The first-order valence-electron chi connectivity index (χ1n) is 8.17. The maximum Gasteiger partial charge on any atom is 0.166 e. The van der Waals surface area contributed by atoms with Crippen LogP contribution in [-0.2, 0) is 6.42 Å². The second kappa shape index (κ2) is 6.53. The number of Topliss-reactive ketones (excluding diaryl/α,β-unsaturated/α-hetero) is 1. The number of rotatable bonds is 6. The molecule has 1 aromatic carbocycles. The van der Waals surface area contributed by atoms with Crippen LogP contribution in [0.15, 0.2) is 24.3 Å². The van der Waals surface area contributed by atoms with Gasteiger partial charge in [-0.3, -0.25) is 4.79 Å². The van der Waals surface area contributed by atoms with Crippen molar-refractivity contribution in [1.29, 1.82) is 0 Å². The molecule has 2 aliphatic carbocycles. The van der Waals surface area contributed by atoms with Crippen molar-refractivity contribution in [3.05, 3.63) is 35.4 Å². The summed E-state index contributed by atoms with van der Waals surface area (Å²) in [6, 6.07) is 8.11. The van der Waals surface area contributed by atoms with Crippen LogP contribution in [0.1, 0.15) is 54.4 Å². The summed E-state index contributed by atoms with van der Waals surface area (Å²) >= 11 is 0. The lowest BCUT2D eigenvalue weighted by Gasteiger charge is -2.26. The predicted molar refractivity (Wildman–Crippen MR) is 82.0 cm³/mol. The summed E-state index contributed by atoms with van der Waals surface area (Å²) in [7, 11) is 0. The number of carbonyl (C=O) groups is 1. The van der Waals surface area contributed by atoms with Crippen LogP contribution >= 0.6 is 0 Å². The van der Waals surface area contributed by atoms with Gasteiger partial charge < -0.3 is 5.32 Å². The number of fused-ring (bicyclic) bond motifs is 1. The second-order valence-electron chi connectivity index (χ2n) is 6.38. The van der Waals surface area contributed by atoms with Crippen LogP contribution in [0.4, 0.5) is 0 Å². The third-order valence-corrected chi connectivity index (χ3v) is 5.04. The highest BCUT2D eigenvalue weighted by Gasteiger charge is 2.26. The zero-order chi connectivity index (χ0) is 13.8. The molecular formula is C18H25NO. The molecule has 1 saturated carbocycles. The van der Waals surface area contributed by atoms with Crippen LogP contribution in [-0.4, -0.2) is 18.9 Å². The average Bonchev–Trinajstić information content (AvgIpc) is 2.43. The van der Waals surface area contributed by atoms with Gasteiger partial charge in [0.05, 0.1) is 0 Å². The number of aryl methyl sites for hydroxylation is 1. The van der Waals surface area contributed by atoms with Gasteiger partial charge in [-0.1, -0.05) is 43.5 Å². The molecule has 1 N–H and O–H groups in total. The van der Waals surface area contributed by atoms with Gasteiger partial charge in [-0.2, -0.15) is 0 Å². The van der Waals surface area contributed by atoms with Crippen molar-refractivity contribution in [2.45, 2.75) is 44.9 Å². The second-order valence-corrected chi connectivity index (χ2v) is 6.38. The van der Waals surface area contributed by atoms with Gasteiger partial charge >= 0.3 is 0 Å². The minimum atomic E-state index is 0.237. The van der Waals surface area contributed by atoms with E-state index in [0.717, 1.165) is 43.8 Å². The largest absolute Gasteiger partial charge is 0.317 e. The lowest BCUT2D eigenvalue weighted by Crippen LogP contribution is -2.28. The molecule has 2 heteroatoms. The van der Waals surface area contributed by atoms with Crippen molar-refractivity contribution in [2.24, 2.45) is 11.8 Å². The van der Waals surface area contributed by atoms with Gasteiger partial charge in [-0.15, -0.1) is 0 Å². The number of ketones is 1. The monoisotopic (exact) mass is 271 g/mol. The molecule has 3 rings (SSSR count). The molecular weight excluding hydrogens is 246 g/mol. The highest BCUT2D eigenvalue weighted by Crippen LogP contribution is 2.29. The van der Waals surface area contributed by atoms with Gasteiger partial charge in [0, 0.05) is 11.5 Å². The Morgan fingerprint density at radius 3 is 2.65 bits per heavy atom. The fourth-order valence-corrected chi connectivity index (χ4v) is 3.42. The molecule has 1 atom stereocenters. The summed E-state index contributed by atoms with van der Waals surface area (Å²) in [4.78, 5) is 12.4. The lowest BCUT2D eigenvalue weighted by molar-refractivity contribution is 0.0894. The number of nitrogens with one attached hydrogen (secondary N) is 1. The van der Waals surface area contributed by atoms with E-state index in [1.165, 1.54) is 31.2 Å².